The standard InChI is InChI=1S/C21H26N2O2S/c24-20(22-15-17-9-6-14-26-17)23-13-12-21(25,16-7-2-1-3-8-16)18-10-4-5-11-19(18)23/h1-3,6-9,14,18-19,25H,4-5,10-13,15H2,(H,22,24)/t18-,19+,21+/m0/s1. The number of thiophene rings is 1. The lowest BCUT2D eigenvalue weighted by molar-refractivity contribution is -0.108. The monoisotopic (exact) mass is 370 g/mol. The predicted octanol–water partition coefficient (Wildman–Crippen LogP) is 4.11. The van der Waals surface area contributed by atoms with E-state index >= 15 is 0 Å². The Morgan fingerprint density at radius 2 is 2.00 bits per heavy atom. The minimum Gasteiger partial charge on any atom is -0.385 e. The number of fused-ring (bicyclic) bond motifs is 1. The van der Waals surface area contributed by atoms with E-state index in [4.69, 9.17) is 0 Å². The fourth-order valence-corrected chi connectivity index (χ4v) is 5.34. The molecule has 1 aliphatic carbocycles. The number of piperidine rings is 1. The topological polar surface area (TPSA) is 52.6 Å². The number of carbonyl (C=O) groups is 1. The highest BCUT2D eigenvalue weighted by atomic mass is 32.1. The summed E-state index contributed by atoms with van der Waals surface area (Å²) in [6, 6.07) is 14.2. The van der Waals surface area contributed by atoms with Crippen molar-refractivity contribution in [1.29, 1.82) is 0 Å². The van der Waals surface area contributed by atoms with Crippen LogP contribution in [0.2, 0.25) is 0 Å². The Morgan fingerprint density at radius 3 is 2.77 bits per heavy atom. The molecule has 2 N–H and O–H groups in total. The van der Waals surface area contributed by atoms with E-state index in [1.54, 1.807) is 11.3 Å². The SMILES string of the molecule is O=C(NCc1cccs1)N1CC[C@@](O)(c2ccccc2)[C@H]2CCCC[C@H]21. The molecule has 4 nitrogen and oxygen atoms in total. The third-order valence-electron chi connectivity index (χ3n) is 6.01. The summed E-state index contributed by atoms with van der Waals surface area (Å²) in [5.41, 5.74) is 0.173. The molecule has 138 valence electrons. The van der Waals surface area contributed by atoms with Gasteiger partial charge in [-0.2, -0.15) is 0 Å². The number of amides is 2. The van der Waals surface area contributed by atoms with Crippen LogP contribution < -0.4 is 5.32 Å². The summed E-state index contributed by atoms with van der Waals surface area (Å²) in [5.74, 6) is 0.111. The third kappa shape index (κ3) is 3.26. The molecule has 0 unspecified atom stereocenters. The van der Waals surface area contributed by atoms with Gasteiger partial charge in [0, 0.05) is 23.4 Å². The second-order valence-electron chi connectivity index (χ2n) is 7.43. The summed E-state index contributed by atoms with van der Waals surface area (Å²) < 4.78 is 0. The van der Waals surface area contributed by atoms with Crippen molar-refractivity contribution in [2.45, 2.75) is 50.3 Å². The molecule has 5 heteroatoms. The summed E-state index contributed by atoms with van der Waals surface area (Å²) in [5, 5.41) is 16.7. The van der Waals surface area contributed by atoms with Crippen molar-refractivity contribution in [1.82, 2.24) is 10.2 Å². The highest BCUT2D eigenvalue weighted by molar-refractivity contribution is 7.09. The predicted molar refractivity (Wildman–Crippen MR) is 104 cm³/mol. The molecule has 2 amide bonds. The fraction of sp³-hybridized carbons (Fsp3) is 0.476. The van der Waals surface area contributed by atoms with Gasteiger partial charge < -0.3 is 15.3 Å². The van der Waals surface area contributed by atoms with Crippen molar-refractivity contribution >= 4 is 17.4 Å². The van der Waals surface area contributed by atoms with Crippen LogP contribution in [0.4, 0.5) is 4.79 Å². The van der Waals surface area contributed by atoms with E-state index in [1.807, 2.05) is 52.7 Å². The third-order valence-corrected chi connectivity index (χ3v) is 6.88. The van der Waals surface area contributed by atoms with E-state index in [0.29, 0.717) is 19.5 Å². The molecule has 0 spiro atoms. The van der Waals surface area contributed by atoms with Gasteiger partial charge in [0.2, 0.25) is 0 Å². The maximum atomic E-state index is 12.8. The number of aliphatic hydroxyl groups is 1. The van der Waals surface area contributed by atoms with Crippen LogP contribution in [0, 0.1) is 5.92 Å². The van der Waals surface area contributed by atoms with Crippen molar-refractivity contribution in [2.24, 2.45) is 5.92 Å². The van der Waals surface area contributed by atoms with Crippen LogP contribution in [0.5, 0.6) is 0 Å². The van der Waals surface area contributed by atoms with Crippen molar-refractivity contribution in [3.63, 3.8) is 0 Å². The van der Waals surface area contributed by atoms with Gasteiger partial charge in [0.25, 0.3) is 0 Å². The molecule has 3 atom stereocenters. The number of nitrogens with one attached hydrogen (secondary N) is 1. The first-order chi connectivity index (χ1) is 12.7. The van der Waals surface area contributed by atoms with E-state index in [0.717, 1.165) is 36.1 Å². The quantitative estimate of drug-likeness (QED) is 0.854. The van der Waals surface area contributed by atoms with Crippen LogP contribution in [0.15, 0.2) is 47.8 Å². The number of carbonyl (C=O) groups excluding carboxylic acids is 1. The first kappa shape index (κ1) is 17.6. The van der Waals surface area contributed by atoms with E-state index in [9.17, 15) is 9.90 Å². The summed E-state index contributed by atoms with van der Waals surface area (Å²) >= 11 is 1.66. The molecule has 26 heavy (non-hydrogen) atoms. The molecule has 1 saturated carbocycles. The summed E-state index contributed by atoms with van der Waals surface area (Å²) in [6.45, 7) is 1.18. The van der Waals surface area contributed by atoms with E-state index in [1.165, 1.54) is 0 Å². The lowest BCUT2D eigenvalue weighted by atomic mass is 9.66. The first-order valence-electron chi connectivity index (χ1n) is 9.53. The highest BCUT2D eigenvalue weighted by Gasteiger charge is 2.50. The van der Waals surface area contributed by atoms with Gasteiger partial charge >= 0.3 is 6.03 Å². The average Bonchev–Trinajstić information content (AvgIpc) is 3.21. The van der Waals surface area contributed by atoms with E-state index in [2.05, 4.69) is 5.32 Å². The van der Waals surface area contributed by atoms with Crippen molar-refractivity contribution in [3.8, 4) is 0 Å². The largest absolute Gasteiger partial charge is 0.385 e. The lowest BCUT2D eigenvalue weighted by Gasteiger charge is -2.52. The number of benzene rings is 1. The molecule has 0 bridgehead atoms. The van der Waals surface area contributed by atoms with Crippen molar-refractivity contribution in [2.75, 3.05) is 6.54 Å². The molecule has 0 radical (unpaired) electrons. The van der Waals surface area contributed by atoms with Gasteiger partial charge in [-0.25, -0.2) is 4.79 Å². The maximum Gasteiger partial charge on any atom is 0.317 e. The molecule has 1 aromatic carbocycles. The van der Waals surface area contributed by atoms with Crippen LogP contribution in [0.3, 0.4) is 0 Å². The number of rotatable bonds is 3. The van der Waals surface area contributed by atoms with Gasteiger partial charge in [0.15, 0.2) is 0 Å². The van der Waals surface area contributed by atoms with Gasteiger partial charge in [-0.3, -0.25) is 0 Å². The number of nitrogens with zero attached hydrogens (tertiary/aromatic N) is 1. The molecule has 2 aliphatic rings. The molecule has 4 rings (SSSR count). The molecular formula is C21H26N2O2S. The normalized spacial score (nSPS) is 28.4. The van der Waals surface area contributed by atoms with E-state index < -0.39 is 5.60 Å². The van der Waals surface area contributed by atoms with Gasteiger partial charge in [-0.05, 0) is 36.3 Å². The van der Waals surface area contributed by atoms with Gasteiger partial charge in [0.1, 0.15) is 0 Å². The van der Waals surface area contributed by atoms with Crippen molar-refractivity contribution in [3.05, 3.63) is 58.3 Å². The van der Waals surface area contributed by atoms with Gasteiger partial charge in [0.05, 0.1) is 12.1 Å². The number of likely N-dealkylation sites (tertiary alicyclic amines) is 1. The van der Waals surface area contributed by atoms with E-state index in [-0.39, 0.29) is 18.0 Å². The number of hydrogen-bond acceptors (Lipinski definition) is 3. The average molecular weight is 371 g/mol. The van der Waals surface area contributed by atoms with Gasteiger partial charge in [-0.1, -0.05) is 49.2 Å². The molecule has 1 aromatic heterocycles. The van der Waals surface area contributed by atoms with Crippen LogP contribution in [0.1, 0.15) is 42.5 Å². The maximum absolute atomic E-state index is 12.8. The molecule has 2 heterocycles. The molecule has 1 saturated heterocycles. The zero-order valence-electron chi connectivity index (χ0n) is 14.9. The van der Waals surface area contributed by atoms with Crippen LogP contribution in [0.25, 0.3) is 0 Å². The van der Waals surface area contributed by atoms with Gasteiger partial charge in [-0.15, -0.1) is 11.3 Å². The summed E-state index contributed by atoms with van der Waals surface area (Å²) in [7, 11) is 0. The summed E-state index contributed by atoms with van der Waals surface area (Å²) in [6.07, 6.45) is 4.81. The molecule has 2 fully saturated rings. The van der Waals surface area contributed by atoms with Crippen LogP contribution in [-0.4, -0.2) is 28.6 Å². The zero-order valence-corrected chi connectivity index (χ0v) is 15.8. The van der Waals surface area contributed by atoms with Crippen LogP contribution in [-0.2, 0) is 12.1 Å². The zero-order chi connectivity index (χ0) is 18.0. The second kappa shape index (κ2) is 7.41. The smallest absolute Gasteiger partial charge is 0.317 e. The summed E-state index contributed by atoms with van der Waals surface area (Å²) in [4.78, 5) is 16.0. The molecule has 2 aromatic rings. The highest BCUT2D eigenvalue weighted by Crippen LogP contribution is 2.46. The minimum atomic E-state index is -0.823. The minimum absolute atomic E-state index is 0.00501. The lowest BCUT2D eigenvalue weighted by Crippen LogP contribution is -2.60. The Balaban J connectivity index is 1.52. The Bertz CT molecular complexity index is 734. The molecule has 1 aliphatic heterocycles. The number of urea groups is 1. The number of hydrogen-bond donors (Lipinski definition) is 2. The fourth-order valence-electron chi connectivity index (χ4n) is 4.70. The molecular weight excluding hydrogens is 344 g/mol. The van der Waals surface area contributed by atoms with Crippen LogP contribution >= 0.6 is 11.3 Å². The Labute approximate surface area is 158 Å². The Morgan fingerprint density at radius 1 is 1.19 bits per heavy atom. The first-order valence-corrected chi connectivity index (χ1v) is 10.4. The van der Waals surface area contributed by atoms with Crippen molar-refractivity contribution < 1.29 is 9.90 Å². The second-order valence-corrected chi connectivity index (χ2v) is 8.46. The Hall–Kier alpha value is -1.85. The Kier molecular flexibility index (Phi) is 5.00.